The molecular weight excluding hydrogens is 252 g/mol. The molecule has 0 bridgehead atoms. The molecule has 0 saturated carbocycles. The first-order valence-electron chi connectivity index (χ1n) is 5.86. The molecule has 0 aliphatic heterocycles. The number of esters is 1. The average molecular weight is 269 g/mol. The molecule has 1 aromatic carbocycles. The molecule has 1 aromatic rings. The van der Waals surface area contributed by atoms with E-state index in [1.54, 1.807) is 0 Å². The Kier molecular flexibility index (Phi) is 6.44. The van der Waals surface area contributed by atoms with Crippen LogP contribution in [0.15, 0.2) is 30.3 Å². The molecule has 0 fully saturated rings. The second kappa shape index (κ2) is 7.88. The van der Waals surface area contributed by atoms with E-state index in [9.17, 15) is 9.59 Å². The minimum Gasteiger partial charge on any atom is -0.469 e. The maximum atomic E-state index is 11.6. The van der Waals surface area contributed by atoms with Gasteiger partial charge in [-0.25, -0.2) is 0 Å². The lowest BCUT2D eigenvalue weighted by Gasteiger charge is -2.13. The van der Waals surface area contributed by atoms with Crippen molar-refractivity contribution >= 4 is 23.4 Å². The molecule has 98 valence electrons. The lowest BCUT2D eigenvalue weighted by atomic mass is 9.95. The van der Waals surface area contributed by atoms with Gasteiger partial charge >= 0.3 is 5.97 Å². The van der Waals surface area contributed by atoms with Crippen LogP contribution in [0.2, 0.25) is 0 Å². The van der Waals surface area contributed by atoms with E-state index in [4.69, 9.17) is 16.3 Å². The maximum Gasteiger partial charge on any atom is 0.309 e. The van der Waals surface area contributed by atoms with E-state index in [-0.39, 0.29) is 24.1 Å². The van der Waals surface area contributed by atoms with Crippen LogP contribution in [0.3, 0.4) is 0 Å². The van der Waals surface area contributed by atoms with Crippen molar-refractivity contribution in [3.05, 3.63) is 35.9 Å². The third-order valence-corrected chi connectivity index (χ3v) is 3.08. The van der Waals surface area contributed by atoms with Crippen LogP contribution >= 0.6 is 11.6 Å². The summed E-state index contributed by atoms with van der Waals surface area (Å²) in [5.41, 5.74) is 1.14. The van der Waals surface area contributed by atoms with Gasteiger partial charge in [0, 0.05) is 6.42 Å². The molecule has 0 aliphatic rings. The monoisotopic (exact) mass is 268 g/mol. The fourth-order valence-electron chi connectivity index (χ4n) is 1.78. The first-order chi connectivity index (χ1) is 8.67. The topological polar surface area (TPSA) is 43.4 Å². The Morgan fingerprint density at radius 1 is 1.28 bits per heavy atom. The predicted molar refractivity (Wildman–Crippen MR) is 70.6 cm³/mol. The van der Waals surface area contributed by atoms with Gasteiger partial charge in [-0.2, -0.15) is 0 Å². The summed E-state index contributed by atoms with van der Waals surface area (Å²) in [5.74, 6) is -0.926. The highest BCUT2D eigenvalue weighted by molar-refractivity contribution is 6.27. The Balaban J connectivity index is 2.56. The Labute approximate surface area is 112 Å². The normalized spacial score (nSPS) is 11.9. The molecule has 4 heteroatoms. The second-order valence-corrected chi connectivity index (χ2v) is 4.39. The number of aryl methyl sites for hydroxylation is 1. The number of hydrogen-bond donors (Lipinski definition) is 0. The summed E-state index contributed by atoms with van der Waals surface area (Å²) in [4.78, 5) is 22.9. The van der Waals surface area contributed by atoms with Crippen LogP contribution < -0.4 is 0 Å². The zero-order valence-corrected chi connectivity index (χ0v) is 11.2. The van der Waals surface area contributed by atoms with Crippen molar-refractivity contribution in [3.63, 3.8) is 0 Å². The number of hydrogen-bond acceptors (Lipinski definition) is 3. The smallest absolute Gasteiger partial charge is 0.309 e. The van der Waals surface area contributed by atoms with Crippen molar-refractivity contribution in [3.8, 4) is 0 Å². The van der Waals surface area contributed by atoms with E-state index in [1.165, 1.54) is 7.11 Å². The maximum absolute atomic E-state index is 11.6. The highest BCUT2D eigenvalue weighted by Gasteiger charge is 2.21. The summed E-state index contributed by atoms with van der Waals surface area (Å²) in [7, 11) is 1.34. The van der Waals surface area contributed by atoms with Crippen LogP contribution in [0.25, 0.3) is 0 Å². The van der Waals surface area contributed by atoms with Gasteiger partial charge in [-0.1, -0.05) is 30.3 Å². The number of methoxy groups -OCH3 is 1. The highest BCUT2D eigenvalue weighted by atomic mass is 35.5. The van der Waals surface area contributed by atoms with Crippen molar-refractivity contribution in [1.29, 1.82) is 0 Å². The zero-order valence-electron chi connectivity index (χ0n) is 10.4. The van der Waals surface area contributed by atoms with Crippen molar-refractivity contribution in [1.82, 2.24) is 0 Å². The molecule has 0 aromatic heterocycles. The summed E-state index contributed by atoms with van der Waals surface area (Å²) < 4.78 is 4.71. The minimum atomic E-state index is -0.401. The number of benzene rings is 1. The number of Topliss-reactive ketones (excluding diaryl/α,β-unsaturated/α-hetero) is 1. The van der Waals surface area contributed by atoms with Crippen LogP contribution in [-0.2, 0) is 20.7 Å². The molecular formula is C14H17ClO3. The van der Waals surface area contributed by atoms with E-state index in [0.29, 0.717) is 6.42 Å². The fraction of sp³-hybridized carbons (Fsp3) is 0.429. The van der Waals surface area contributed by atoms with E-state index < -0.39 is 5.92 Å². The quantitative estimate of drug-likeness (QED) is 0.564. The van der Waals surface area contributed by atoms with Gasteiger partial charge in [-0.3, -0.25) is 9.59 Å². The third kappa shape index (κ3) is 4.88. The van der Waals surface area contributed by atoms with E-state index in [0.717, 1.165) is 12.0 Å². The van der Waals surface area contributed by atoms with Crippen molar-refractivity contribution in [2.24, 2.45) is 5.92 Å². The molecule has 18 heavy (non-hydrogen) atoms. The molecule has 0 saturated heterocycles. The van der Waals surface area contributed by atoms with Gasteiger partial charge in [0.25, 0.3) is 0 Å². The summed E-state index contributed by atoms with van der Waals surface area (Å²) >= 11 is 5.46. The van der Waals surface area contributed by atoms with Gasteiger partial charge in [0.2, 0.25) is 0 Å². The van der Waals surface area contributed by atoms with Gasteiger partial charge in [-0.05, 0) is 18.4 Å². The number of alkyl halides is 1. The standard InChI is InChI=1S/C14H17ClO3/c1-18-14(17)12(9-13(16)10-15)8-7-11-5-3-2-4-6-11/h2-6,12H,7-10H2,1H3/t12-/m1/s1. The third-order valence-electron chi connectivity index (χ3n) is 2.78. The number of rotatable bonds is 7. The van der Waals surface area contributed by atoms with Crippen LogP contribution in [0, 0.1) is 5.92 Å². The predicted octanol–water partition coefficient (Wildman–Crippen LogP) is 2.61. The molecule has 1 atom stereocenters. The highest BCUT2D eigenvalue weighted by Crippen LogP contribution is 2.16. The minimum absolute atomic E-state index is 0.0567. The van der Waals surface area contributed by atoms with Crippen LogP contribution in [0.1, 0.15) is 18.4 Å². The molecule has 0 amide bonds. The van der Waals surface area contributed by atoms with Gasteiger partial charge < -0.3 is 4.74 Å². The van der Waals surface area contributed by atoms with Crippen molar-refractivity contribution < 1.29 is 14.3 Å². The van der Waals surface area contributed by atoms with Gasteiger partial charge in [0.1, 0.15) is 5.78 Å². The number of ketones is 1. The largest absolute Gasteiger partial charge is 0.469 e. The number of ether oxygens (including phenoxy) is 1. The Morgan fingerprint density at radius 2 is 1.94 bits per heavy atom. The number of carbonyl (C=O) groups excluding carboxylic acids is 2. The molecule has 0 heterocycles. The van der Waals surface area contributed by atoms with Crippen molar-refractivity contribution in [2.45, 2.75) is 19.3 Å². The van der Waals surface area contributed by atoms with Crippen LogP contribution in [-0.4, -0.2) is 24.7 Å². The van der Waals surface area contributed by atoms with E-state index in [2.05, 4.69) is 0 Å². The van der Waals surface area contributed by atoms with Gasteiger partial charge in [-0.15, -0.1) is 11.6 Å². The molecule has 0 aliphatic carbocycles. The molecule has 0 radical (unpaired) electrons. The molecule has 0 spiro atoms. The van der Waals surface area contributed by atoms with E-state index >= 15 is 0 Å². The number of carbonyl (C=O) groups is 2. The molecule has 0 N–H and O–H groups in total. The van der Waals surface area contributed by atoms with Crippen LogP contribution in [0.4, 0.5) is 0 Å². The van der Waals surface area contributed by atoms with Gasteiger partial charge in [0.15, 0.2) is 0 Å². The number of halogens is 1. The molecule has 3 nitrogen and oxygen atoms in total. The second-order valence-electron chi connectivity index (χ2n) is 4.12. The lowest BCUT2D eigenvalue weighted by Crippen LogP contribution is -2.21. The fourth-order valence-corrected chi connectivity index (χ4v) is 1.89. The lowest BCUT2D eigenvalue weighted by molar-refractivity contribution is -0.147. The Morgan fingerprint density at radius 3 is 2.50 bits per heavy atom. The summed E-state index contributed by atoms with van der Waals surface area (Å²) in [6, 6.07) is 9.84. The van der Waals surface area contributed by atoms with Crippen molar-refractivity contribution in [2.75, 3.05) is 13.0 Å². The zero-order chi connectivity index (χ0) is 13.4. The Hall–Kier alpha value is -1.35. The van der Waals surface area contributed by atoms with E-state index in [1.807, 2.05) is 30.3 Å². The Bertz CT molecular complexity index is 389. The van der Waals surface area contributed by atoms with Crippen LogP contribution in [0.5, 0.6) is 0 Å². The summed E-state index contributed by atoms with van der Waals surface area (Å²) in [5, 5.41) is 0. The molecule has 1 rings (SSSR count). The first-order valence-corrected chi connectivity index (χ1v) is 6.40. The first kappa shape index (κ1) is 14.7. The summed E-state index contributed by atoms with van der Waals surface area (Å²) in [6.45, 7) is 0. The average Bonchev–Trinajstić information content (AvgIpc) is 2.43. The summed E-state index contributed by atoms with van der Waals surface area (Å²) in [6.07, 6.45) is 1.50. The van der Waals surface area contributed by atoms with Gasteiger partial charge in [0.05, 0.1) is 18.9 Å². The molecule has 0 unspecified atom stereocenters. The SMILES string of the molecule is COC(=O)[C@H](CCc1ccccc1)CC(=O)CCl.